The largest absolute Gasteiger partial charge is 0.505 e. The van der Waals surface area contributed by atoms with Crippen LogP contribution in [-0.4, -0.2) is 35.0 Å². The zero-order valence-corrected chi connectivity index (χ0v) is 13.6. The van der Waals surface area contributed by atoms with Crippen molar-refractivity contribution in [1.82, 2.24) is 10.2 Å². The van der Waals surface area contributed by atoms with E-state index in [4.69, 9.17) is 5.73 Å². The lowest BCUT2D eigenvalue weighted by molar-refractivity contribution is 0.0906. The fourth-order valence-electron chi connectivity index (χ4n) is 3.08. The van der Waals surface area contributed by atoms with Crippen LogP contribution < -0.4 is 11.1 Å². The predicted molar refractivity (Wildman–Crippen MR) is 94.7 cm³/mol. The summed E-state index contributed by atoms with van der Waals surface area (Å²) in [5, 5.41) is 12.9. The molecular formula is C19H23N3O2. The lowest BCUT2D eigenvalue weighted by atomic mass is 10.0. The van der Waals surface area contributed by atoms with Crippen molar-refractivity contribution in [3.05, 3.63) is 59.7 Å². The lowest BCUT2D eigenvalue weighted by Crippen LogP contribution is -2.44. The Bertz CT molecular complexity index is 695. The van der Waals surface area contributed by atoms with Gasteiger partial charge in [-0.25, -0.2) is 0 Å². The Morgan fingerprint density at radius 1 is 1.12 bits per heavy atom. The Morgan fingerprint density at radius 2 is 1.83 bits per heavy atom. The molecule has 1 aliphatic rings. The van der Waals surface area contributed by atoms with Crippen molar-refractivity contribution in [3.8, 4) is 5.75 Å². The van der Waals surface area contributed by atoms with Crippen molar-refractivity contribution in [2.45, 2.75) is 25.4 Å². The van der Waals surface area contributed by atoms with Crippen molar-refractivity contribution < 1.29 is 9.90 Å². The van der Waals surface area contributed by atoms with Gasteiger partial charge in [0.25, 0.3) is 5.91 Å². The highest BCUT2D eigenvalue weighted by atomic mass is 16.3. The maximum Gasteiger partial charge on any atom is 0.255 e. The number of phenolic OH excluding ortho intramolecular Hbond substituents is 1. The van der Waals surface area contributed by atoms with E-state index in [0.717, 1.165) is 32.5 Å². The highest BCUT2D eigenvalue weighted by Gasteiger charge is 2.22. The van der Waals surface area contributed by atoms with Crippen LogP contribution in [0.5, 0.6) is 5.75 Å². The quantitative estimate of drug-likeness (QED) is 0.596. The van der Waals surface area contributed by atoms with Gasteiger partial charge in [0.15, 0.2) is 5.75 Å². The number of likely N-dealkylation sites (tertiary alicyclic amines) is 1. The maximum absolute atomic E-state index is 12.3. The first-order valence-corrected chi connectivity index (χ1v) is 8.28. The van der Waals surface area contributed by atoms with Gasteiger partial charge in [-0.3, -0.25) is 9.69 Å². The molecule has 0 aromatic heterocycles. The third kappa shape index (κ3) is 3.86. The molecule has 0 saturated carbocycles. The Kier molecular flexibility index (Phi) is 5.01. The minimum absolute atomic E-state index is 0.130. The summed E-state index contributed by atoms with van der Waals surface area (Å²) in [6.45, 7) is 2.84. The second-order valence-corrected chi connectivity index (χ2v) is 6.25. The van der Waals surface area contributed by atoms with E-state index in [1.807, 2.05) is 6.07 Å². The first-order valence-electron chi connectivity index (χ1n) is 8.28. The number of phenols is 1. The third-order valence-corrected chi connectivity index (χ3v) is 4.48. The zero-order valence-electron chi connectivity index (χ0n) is 13.6. The van der Waals surface area contributed by atoms with Gasteiger partial charge in [-0.2, -0.15) is 0 Å². The van der Waals surface area contributed by atoms with Gasteiger partial charge < -0.3 is 16.2 Å². The molecule has 0 radical (unpaired) electrons. The lowest BCUT2D eigenvalue weighted by Gasteiger charge is -2.32. The number of nitrogens with zero attached hydrogens (tertiary/aromatic N) is 1. The van der Waals surface area contributed by atoms with Crippen LogP contribution in [0.25, 0.3) is 0 Å². The summed E-state index contributed by atoms with van der Waals surface area (Å²) in [4.78, 5) is 14.7. The molecule has 0 spiro atoms. The van der Waals surface area contributed by atoms with E-state index in [1.54, 1.807) is 18.2 Å². The molecule has 126 valence electrons. The molecule has 1 amide bonds. The molecule has 1 saturated heterocycles. The molecule has 2 aromatic carbocycles. The number of para-hydroxylation sites is 1. The number of hydrogen-bond acceptors (Lipinski definition) is 4. The number of nitrogens with one attached hydrogen (secondary N) is 1. The number of rotatable bonds is 4. The topological polar surface area (TPSA) is 78.6 Å². The van der Waals surface area contributed by atoms with Crippen LogP contribution >= 0.6 is 0 Å². The van der Waals surface area contributed by atoms with Gasteiger partial charge in [-0.15, -0.1) is 0 Å². The van der Waals surface area contributed by atoms with Gasteiger partial charge in [0, 0.05) is 25.7 Å². The number of carbonyl (C=O) groups excluding carboxylic acids is 1. The second kappa shape index (κ2) is 7.36. The Balaban J connectivity index is 1.52. The average Bonchev–Trinajstić information content (AvgIpc) is 2.60. The molecule has 0 unspecified atom stereocenters. The molecule has 3 rings (SSSR count). The normalized spacial score (nSPS) is 16.0. The first-order chi connectivity index (χ1) is 11.6. The molecule has 1 heterocycles. The highest BCUT2D eigenvalue weighted by molar-refractivity contribution is 5.98. The Hall–Kier alpha value is -2.53. The van der Waals surface area contributed by atoms with E-state index >= 15 is 0 Å². The smallest absolute Gasteiger partial charge is 0.255 e. The minimum atomic E-state index is -0.263. The number of carbonyl (C=O) groups is 1. The van der Waals surface area contributed by atoms with Gasteiger partial charge in [-0.05, 0) is 30.5 Å². The molecule has 0 atom stereocenters. The number of piperidine rings is 1. The SMILES string of the molecule is Nc1cccc(C(=O)NC2CCN(Cc3ccccc3)CC2)c1O. The number of aromatic hydroxyl groups is 1. The number of nitrogen functional groups attached to an aromatic ring is 1. The average molecular weight is 325 g/mol. The summed E-state index contributed by atoms with van der Waals surface area (Å²) in [5.74, 6) is -0.405. The molecule has 2 aromatic rings. The summed E-state index contributed by atoms with van der Waals surface area (Å²) in [5.41, 5.74) is 7.42. The van der Waals surface area contributed by atoms with E-state index in [1.165, 1.54) is 5.56 Å². The van der Waals surface area contributed by atoms with E-state index in [-0.39, 0.29) is 28.9 Å². The fraction of sp³-hybridized carbons (Fsp3) is 0.316. The number of amides is 1. The van der Waals surface area contributed by atoms with Crippen LogP contribution in [0, 0.1) is 0 Å². The van der Waals surface area contributed by atoms with Crippen LogP contribution in [0.1, 0.15) is 28.8 Å². The Labute approximate surface area is 142 Å². The van der Waals surface area contributed by atoms with E-state index < -0.39 is 0 Å². The van der Waals surface area contributed by atoms with Gasteiger partial charge >= 0.3 is 0 Å². The van der Waals surface area contributed by atoms with E-state index in [0.29, 0.717) is 0 Å². The van der Waals surface area contributed by atoms with Crippen LogP contribution in [-0.2, 0) is 6.54 Å². The second-order valence-electron chi connectivity index (χ2n) is 6.25. The monoisotopic (exact) mass is 325 g/mol. The van der Waals surface area contributed by atoms with Crippen molar-refractivity contribution >= 4 is 11.6 Å². The molecule has 1 fully saturated rings. The van der Waals surface area contributed by atoms with Crippen molar-refractivity contribution in [3.63, 3.8) is 0 Å². The maximum atomic E-state index is 12.3. The van der Waals surface area contributed by atoms with E-state index in [9.17, 15) is 9.90 Å². The highest BCUT2D eigenvalue weighted by Crippen LogP contribution is 2.24. The Morgan fingerprint density at radius 3 is 2.54 bits per heavy atom. The van der Waals surface area contributed by atoms with Gasteiger partial charge in [-0.1, -0.05) is 36.4 Å². The summed E-state index contributed by atoms with van der Waals surface area (Å²) in [6.07, 6.45) is 1.81. The standard InChI is InChI=1S/C19H23N3O2/c20-17-8-4-7-16(18(17)23)19(24)21-15-9-11-22(12-10-15)13-14-5-2-1-3-6-14/h1-8,15,23H,9-13,20H2,(H,21,24). The van der Waals surface area contributed by atoms with Crippen molar-refractivity contribution in [2.24, 2.45) is 0 Å². The molecular weight excluding hydrogens is 302 g/mol. The molecule has 5 heteroatoms. The number of nitrogens with two attached hydrogens (primary N) is 1. The number of benzene rings is 2. The molecule has 1 aliphatic heterocycles. The molecule has 24 heavy (non-hydrogen) atoms. The number of hydrogen-bond donors (Lipinski definition) is 3. The van der Waals surface area contributed by atoms with Crippen LogP contribution in [0.15, 0.2) is 48.5 Å². The summed E-state index contributed by atoms with van der Waals surface area (Å²) >= 11 is 0. The van der Waals surface area contributed by atoms with Crippen LogP contribution in [0.3, 0.4) is 0 Å². The molecule has 0 aliphatic carbocycles. The third-order valence-electron chi connectivity index (χ3n) is 4.48. The molecule has 4 N–H and O–H groups in total. The molecule has 0 bridgehead atoms. The summed E-state index contributed by atoms with van der Waals surface area (Å²) < 4.78 is 0. The number of anilines is 1. The van der Waals surface area contributed by atoms with E-state index in [2.05, 4.69) is 34.5 Å². The summed E-state index contributed by atoms with van der Waals surface area (Å²) in [7, 11) is 0. The van der Waals surface area contributed by atoms with Crippen LogP contribution in [0.4, 0.5) is 5.69 Å². The predicted octanol–water partition coefficient (Wildman–Crippen LogP) is 2.37. The fourth-order valence-corrected chi connectivity index (χ4v) is 3.08. The zero-order chi connectivity index (χ0) is 16.9. The van der Waals surface area contributed by atoms with Gasteiger partial charge in [0.05, 0.1) is 11.3 Å². The first kappa shape index (κ1) is 16.3. The van der Waals surface area contributed by atoms with Crippen molar-refractivity contribution in [2.75, 3.05) is 18.8 Å². The minimum Gasteiger partial charge on any atom is -0.505 e. The summed E-state index contributed by atoms with van der Waals surface area (Å²) in [6, 6.07) is 15.4. The van der Waals surface area contributed by atoms with Crippen molar-refractivity contribution in [1.29, 1.82) is 0 Å². The van der Waals surface area contributed by atoms with Gasteiger partial charge in [0.2, 0.25) is 0 Å². The van der Waals surface area contributed by atoms with Gasteiger partial charge in [0.1, 0.15) is 0 Å². The van der Waals surface area contributed by atoms with Crippen LogP contribution in [0.2, 0.25) is 0 Å². The molecule has 5 nitrogen and oxygen atoms in total.